The first-order valence-corrected chi connectivity index (χ1v) is 9.26. The third kappa shape index (κ3) is 5.36. The van der Waals surface area contributed by atoms with E-state index in [0.29, 0.717) is 29.5 Å². The molecule has 5 nitrogen and oxygen atoms in total. The molecule has 1 aromatic heterocycles. The Labute approximate surface area is 164 Å². The minimum atomic E-state index is -0.289. The molecule has 0 spiro atoms. The molecule has 0 fully saturated rings. The van der Waals surface area contributed by atoms with Gasteiger partial charge in [-0.3, -0.25) is 4.79 Å². The number of carbonyl (C=O) groups is 1. The van der Waals surface area contributed by atoms with Crippen LogP contribution in [0.4, 0.5) is 15.9 Å². The summed E-state index contributed by atoms with van der Waals surface area (Å²) < 4.78 is 13.0. The number of nitrogens with zero attached hydrogens (tertiary/aromatic N) is 2. The van der Waals surface area contributed by atoms with E-state index >= 15 is 0 Å². The average Bonchev–Trinajstić information content (AvgIpc) is 2.69. The highest BCUT2D eigenvalue weighted by Crippen LogP contribution is 2.20. The molecule has 0 atom stereocenters. The normalized spacial score (nSPS) is 10.7. The lowest BCUT2D eigenvalue weighted by atomic mass is 10.1. The van der Waals surface area contributed by atoms with Gasteiger partial charge in [-0.05, 0) is 66.9 Å². The number of aromatic nitrogens is 2. The van der Waals surface area contributed by atoms with E-state index in [9.17, 15) is 9.18 Å². The molecule has 1 heterocycles. The number of benzene rings is 2. The summed E-state index contributed by atoms with van der Waals surface area (Å²) in [6.45, 7) is 4.91. The Balaban J connectivity index is 1.65. The van der Waals surface area contributed by atoms with Crippen LogP contribution in [0.25, 0.3) is 11.3 Å². The van der Waals surface area contributed by atoms with E-state index in [1.807, 2.05) is 18.2 Å². The van der Waals surface area contributed by atoms with Gasteiger partial charge in [0.25, 0.3) is 5.91 Å². The van der Waals surface area contributed by atoms with Crippen LogP contribution in [0.2, 0.25) is 0 Å². The summed E-state index contributed by atoms with van der Waals surface area (Å²) in [5.74, 6) is 0.721. The number of hydrogen-bond acceptors (Lipinski definition) is 4. The quantitative estimate of drug-likeness (QED) is 0.620. The first-order chi connectivity index (χ1) is 13.5. The van der Waals surface area contributed by atoms with E-state index in [-0.39, 0.29) is 11.7 Å². The number of halogens is 1. The van der Waals surface area contributed by atoms with Gasteiger partial charge >= 0.3 is 0 Å². The Kier molecular flexibility index (Phi) is 6.32. The van der Waals surface area contributed by atoms with Crippen molar-refractivity contribution in [3.05, 3.63) is 72.0 Å². The summed E-state index contributed by atoms with van der Waals surface area (Å²) in [6.07, 6.45) is 0.944. The molecule has 144 valence electrons. The highest BCUT2D eigenvalue weighted by Gasteiger charge is 2.07. The Morgan fingerprint density at radius 2 is 1.82 bits per heavy atom. The van der Waals surface area contributed by atoms with Gasteiger partial charge in [0.05, 0.1) is 5.69 Å². The standard InChI is InChI=1S/C22H23FN4O/c1-15(2)12-13-24-22(28)17-4-3-5-19(14-17)25-21-11-10-20(26-27-21)16-6-8-18(23)9-7-16/h3-11,14-15H,12-13H2,1-2H3,(H,24,28)(H,25,27). The van der Waals surface area contributed by atoms with Crippen molar-refractivity contribution in [2.45, 2.75) is 20.3 Å². The zero-order valence-electron chi connectivity index (χ0n) is 15.9. The smallest absolute Gasteiger partial charge is 0.251 e. The number of anilines is 2. The fourth-order valence-corrected chi connectivity index (χ4v) is 2.64. The lowest BCUT2D eigenvalue weighted by Crippen LogP contribution is -2.25. The van der Waals surface area contributed by atoms with Crippen molar-refractivity contribution >= 4 is 17.4 Å². The van der Waals surface area contributed by atoms with Gasteiger partial charge in [0.2, 0.25) is 0 Å². The van der Waals surface area contributed by atoms with E-state index in [0.717, 1.165) is 17.7 Å². The van der Waals surface area contributed by atoms with E-state index in [4.69, 9.17) is 0 Å². The van der Waals surface area contributed by atoms with Crippen LogP contribution in [0, 0.1) is 11.7 Å². The number of hydrogen-bond donors (Lipinski definition) is 2. The minimum Gasteiger partial charge on any atom is -0.352 e. The maximum atomic E-state index is 13.0. The number of nitrogens with one attached hydrogen (secondary N) is 2. The fourth-order valence-electron chi connectivity index (χ4n) is 2.64. The summed E-state index contributed by atoms with van der Waals surface area (Å²) >= 11 is 0. The number of carbonyl (C=O) groups excluding carboxylic acids is 1. The molecule has 28 heavy (non-hydrogen) atoms. The molecule has 0 saturated carbocycles. The van der Waals surface area contributed by atoms with Crippen LogP contribution >= 0.6 is 0 Å². The van der Waals surface area contributed by atoms with Crippen molar-refractivity contribution < 1.29 is 9.18 Å². The molecule has 0 aliphatic heterocycles. The summed E-state index contributed by atoms with van der Waals surface area (Å²) in [7, 11) is 0. The fraction of sp³-hybridized carbons (Fsp3) is 0.227. The van der Waals surface area contributed by atoms with Crippen molar-refractivity contribution in [2.24, 2.45) is 5.92 Å². The Morgan fingerprint density at radius 3 is 2.50 bits per heavy atom. The van der Waals surface area contributed by atoms with E-state index in [1.54, 1.807) is 30.3 Å². The Hall–Kier alpha value is -3.28. The molecule has 2 N–H and O–H groups in total. The van der Waals surface area contributed by atoms with Crippen LogP contribution in [-0.4, -0.2) is 22.6 Å². The molecule has 3 aromatic rings. The first-order valence-electron chi connectivity index (χ1n) is 9.26. The monoisotopic (exact) mass is 378 g/mol. The molecule has 0 bridgehead atoms. The molecule has 0 aliphatic rings. The first kappa shape index (κ1) is 19.5. The topological polar surface area (TPSA) is 66.9 Å². The summed E-state index contributed by atoms with van der Waals surface area (Å²) in [6, 6.07) is 16.9. The average molecular weight is 378 g/mol. The Morgan fingerprint density at radius 1 is 1.04 bits per heavy atom. The van der Waals surface area contributed by atoms with Gasteiger partial charge in [-0.1, -0.05) is 19.9 Å². The van der Waals surface area contributed by atoms with Gasteiger partial charge in [0.15, 0.2) is 5.82 Å². The molecule has 6 heteroatoms. The molecule has 0 saturated heterocycles. The van der Waals surface area contributed by atoms with Gasteiger partial charge in [-0.25, -0.2) is 4.39 Å². The summed E-state index contributed by atoms with van der Waals surface area (Å²) in [5.41, 5.74) is 2.79. The number of rotatable bonds is 7. The van der Waals surface area contributed by atoms with Crippen LogP contribution in [0.3, 0.4) is 0 Å². The second-order valence-corrected chi connectivity index (χ2v) is 6.95. The second-order valence-electron chi connectivity index (χ2n) is 6.95. The lowest BCUT2D eigenvalue weighted by Gasteiger charge is -2.09. The van der Waals surface area contributed by atoms with Crippen molar-refractivity contribution in [2.75, 3.05) is 11.9 Å². The molecule has 0 aliphatic carbocycles. The number of amides is 1. The van der Waals surface area contributed by atoms with Crippen molar-refractivity contribution in [3.63, 3.8) is 0 Å². The van der Waals surface area contributed by atoms with Gasteiger partial charge in [0.1, 0.15) is 5.82 Å². The molecule has 1 amide bonds. The highest BCUT2D eigenvalue weighted by molar-refractivity contribution is 5.95. The van der Waals surface area contributed by atoms with Gasteiger partial charge in [0, 0.05) is 23.4 Å². The predicted octanol–water partition coefficient (Wildman–Crippen LogP) is 4.80. The van der Waals surface area contributed by atoms with Crippen LogP contribution in [0.1, 0.15) is 30.6 Å². The van der Waals surface area contributed by atoms with E-state index in [1.165, 1.54) is 12.1 Å². The predicted molar refractivity (Wildman–Crippen MR) is 109 cm³/mol. The van der Waals surface area contributed by atoms with Gasteiger partial charge in [-0.2, -0.15) is 0 Å². The zero-order chi connectivity index (χ0) is 19.9. The molecule has 0 unspecified atom stereocenters. The minimum absolute atomic E-state index is 0.0953. The zero-order valence-corrected chi connectivity index (χ0v) is 15.9. The van der Waals surface area contributed by atoms with Crippen LogP contribution in [0.5, 0.6) is 0 Å². The Bertz CT molecular complexity index is 924. The van der Waals surface area contributed by atoms with Crippen molar-refractivity contribution in [1.29, 1.82) is 0 Å². The van der Waals surface area contributed by atoms with E-state index < -0.39 is 0 Å². The molecular weight excluding hydrogens is 355 g/mol. The van der Waals surface area contributed by atoms with Crippen molar-refractivity contribution in [1.82, 2.24) is 15.5 Å². The maximum Gasteiger partial charge on any atom is 0.251 e. The largest absolute Gasteiger partial charge is 0.352 e. The van der Waals surface area contributed by atoms with Gasteiger partial charge in [-0.15, -0.1) is 10.2 Å². The highest BCUT2D eigenvalue weighted by atomic mass is 19.1. The molecule has 2 aromatic carbocycles. The van der Waals surface area contributed by atoms with Crippen LogP contribution < -0.4 is 10.6 Å². The summed E-state index contributed by atoms with van der Waals surface area (Å²) in [4.78, 5) is 12.3. The van der Waals surface area contributed by atoms with Crippen molar-refractivity contribution in [3.8, 4) is 11.3 Å². The van der Waals surface area contributed by atoms with Crippen LogP contribution in [0.15, 0.2) is 60.7 Å². The molecule has 3 rings (SSSR count). The lowest BCUT2D eigenvalue weighted by molar-refractivity contribution is 0.0952. The molecule has 0 radical (unpaired) electrons. The third-order valence-corrected chi connectivity index (χ3v) is 4.21. The summed E-state index contributed by atoms with van der Waals surface area (Å²) in [5, 5.41) is 14.4. The van der Waals surface area contributed by atoms with Crippen LogP contribution in [-0.2, 0) is 0 Å². The SMILES string of the molecule is CC(C)CCNC(=O)c1cccc(Nc2ccc(-c3ccc(F)cc3)nn2)c1. The maximum absolute atomic E-state index is 13.0. The second kappa shape index (κ2) is 9.08. The van der Waals surface area contributed by atoms with Gasteiger partial charge < -0.3 is 10.6 Å². The third-order valence-electron chi connectivity index (χ3n) is 4.21. The van der Waals surface area contributed by atoms with E-state index in [2.05, 4.69) is 34.7 Å². The molecular formula is C22H23FN4O.